The molecule has 0 aliphatic heterocycles. The Bertz CT molecular complexity index is 831. The van der Waals surface area contributed by atoms with Crippen molar-refractivity contribution in [2.75, 3.05) is 5.32 Å². The Morgan fingerprint density at radius 1 is 1.00 bits per heavy atom. The van der Waals surface area contributed by atoms with E-state index in [1.807, 2.05) is 12.1 Å². The molecule has 120 valence electrons. The van der Waals surface area contributed by atoms with E-state index in [0.717, 1.165) is 5.69 Å². The maximum Gasteiger partial charge on any atom is 0.302 e. The molecule has 0 aliphatic rings. The first-order valence-corrected chi connectivity index (χ1v) is 7.22. The third-order valence-corrected chi connectivity index (χ3v) is 3.15. The van der Waals surface area contributed by atoms with Gasteiger partial charge in [0.15, 0.2) is 5.69 Å². The monoisotopic (exact) mass is 322 g/mol. The SMILES string of the molecule is O=C(Nc1nc(C(=O)NCc2ccccn2)co1)c1ccccc1. The average Bonchev–Trinajstić information content (AvgIpc) is 3.10. The molecule has 0 radical (unpaired) electrons. The molecular formula is C17H14N4O3. The third kappa shape index (κ3) is 3.83. The standard InChI is InChI=1S/C17H14N4O3/c22-15(12-6-2-1-3-7-12)21-17-20-14(11-24-17)16(23)19-10-13-8-4-5-9-18-13/h1-9,11H,10H2,(H,19,23)(H,20,21,22). The van der Waals surface area contributed by atoms with Crippen LogP contribution in [0.3, 0.4) is 0 Å². The maximum atomic E-state index is 12.0. The van der Waals surface area contributed by atoms with Crippen LogP contribution < -0.4 is 10.6 Å². The Morgan fingerprint density at radius 2 is 1.79 bits per heavy atom. The fourth-order valence-corrected chi connectivity index (χ4v) is 1.96. The predicted molar refractivity (Wildman–Crippen MR) is 86.3 cm³/mol. The number of anilines is 1. The van der Waals surface area contributed by atoms with Gasteiger partial charge in [-0.1, -0.05) is 24.3 Å². The largest absolute Gasteiger partial charge is 0.431 e. The normalized spacial score (nSPS) is 10.2. The zero-order valence-corrected chi connectivity index (χ0v) is 12.6. The van der Waals surface area contributed by atoms with E-state index in [1.165, 1.54) is 6.26 Å². The molecule has 2 amide bonds. The van der Waals surface area contributed by atoms with Crippen molar-refractivity contribution in [1.82, 2.24) is 15.3 Å². The number of pyridine rings is 1. The Labute approximate surface area is 137 Å². The van der Waals surface area contributed by atoms with Crippen LogP contribution in [0.4, 0.5) is 6.01 Å². The van der Waals surface area contributed by atoms with Crippen LogP contribution >= 0.6 is 0 Å². The quantitative estimate of drug-likeness (QED) is 0.751. The predicted octanol–water partition coefficient (Wildman–Crippen LogP) is 2.25. The molecular weight excluding hydrogens is 308 g/mol. The number of benzene rings is 1. The zero-order chi connectivity index (χ0) is 16.8. The van der Waals surface area contributed by atoms with Gasteiger partial charge in [-0.3, -0.25) is 19.9 Å². The molecule has 7 heteroatoms. The molecule has 3 rings (SSSR count). The van der Waals surface area contributed by atoms with Gasteiger partial charge in [0, 0.05) is 11.8 Å². The van der Waals surface area contributed by atoms with Crippen LogP contribution in [0.1, 0.15) is 26.5 Å². The van der Waals surface area contributed by atoms with E-state index in [2.05, 4.69) is 20.6 Å². The number of carbonyl (C=O) groups excluding carboxylic acids is 2. The second-order valence-electron chi connectivity index (χ2n) is 4.86. The molecule has 0 saturated heterocycles. The summed E-state index contributed by atoms with van der Waals surface area (Å²) < 4.78 is 5.11. The van der Waals surface area contributed by atoms with Crippen molar-refractivity contribution in [3.8, 4) is 0 Å². The summed E-state index contributed by atoms with van der Waals surface area (Å²) in [5.74, 6) is -0.775. The number of rotatable bonds is 5. The fraction of sp³-hybridized carbons (Fsp3) is 0.0588. The van der Waals surface area contributed by atoms with E-state index < -0.39 is 5.91 Å². The van der Waals surface area contributed by atoms with Crippen molar-refractivity contribution < 1.29 is 14.0 Å². The molecule has 0 saturated carbocycles. The van der Waals surface area contributed by atoms with Crippen LogP contribution in [-0.2, 0) is 6.54 Å². The van der Waals surface area contributed by atoms with E-state index in [4.69, 9.17) is 4.42 Å². The molecule has 0 spiro atoms. The van der Waals surface area contributed by atoms with Crippen molar-refractivity contribution in [2.45, 2.75) is 6.54 Å². The van der Waals surface area contributed by atoms with Gasteiger partial charge < -0.3 is 9.73 Å². The van der Waals surface area contributed by atoms with Crippen molar-refractivity contribution in [1.29, 1.82) is 0 Å². The highest BCUT2D eigenvalue weighted by Gasteiger charge is 2.14. The molecule has 0 unspecified atom stereocenters. The number of nitrogens with one attached hydrogen (secondary N) is 2. The number of hydrogen-bond donors (Lipinski definition) is 2. The fourth-order valence-electron chi connectivity index (χ4n) is 1.96. The van der Waals surface area contributed by atoms with Gasteiger partial charge in [-0.05, 0) is 24.3 Å². The first-order valence-electron chi connectivity index (χ1n) is 7.22. The van der Waals surface area contributed by atoms with Gasteiger partial charge in [-0.25, -0.2) is 0 Å². The third-order valence-electron chi connectivity index (χ3n) is 3.15. The van der Waals surface area contributed by atoms with Crippen LogP contribution in [0.2, 0.25) is 0 Å². The number of aromatic nitrogens is 2. The molecule has 0 bridgehead atoms. The number of oxazole rings is 1. The summed E-state index contributed by atoms with van der Waals surface area (Å²) in [4.78, 5) is 32.1. The van der Waals surface area contributed by atoms with Crippen molar-refractivity contribution in [2.24, 2.45) is 0 Å². The molecule has 3 aromatic rings. The molecule has 0 atom stereocenters. The molecule has 0 aliphatic carbocycles. The smallest absolute Gasteiger partial charge is 0.302 e. The lowest BCUT2D eigenvalue weighted by Crippen LogP contribution is -2.23. The minimum Gasteiger partial charge on any atom is -0.431 e. The van der Waals surface area contributed by atoms with Crippen LogP contribution in [0.15, 0.2) is 65.4 Å². The first kappa shape index (κ1) is 15.4. The topological polar surface area (TPSA) is 97.1 Å². The van der Waals surface area contributed by atoms with Gasteiger partial charge in [-0.2, -0.15) is 4.98 Å². The maximum absolute atomic E-state index is 12.0. The Morgan fingerprint density at radius 3 is 2.54 bits per heavy atom. The number of carbonyl (C=O) groups is 2. The molecule has 7 nitrogen and oxygen atoms in total. The van der Waals surface area contributed by atoms with Crippen LogP contribution in [0.25, 0.3) is 0 Å². The molecule has 2 N–H and O–H groups in total. The molecule has 0 fully saturated rings. The summed E-state index contributed by atoms with van der Waals surface area (Å²) in [6, 6.07) is 14.0. The molecule has 2 heterocycles. The summed E-state index contributed by atoms with van der Waals surface area (Å²) >= 11 is 0. The van der Waals surface area contributed by atoms with Gasteiger partial charge in [0.2, 0.25) is 0 Å². The van der Waals surface area contributed by atoms with Gasteiger partial charge in [-0.15, -0.1) is 0 Å². The second kappa shape index (κ2) is 7.19. The highest BCUT2D eigenvalue weighted by molar-refractivity contribution is 6.03. The average molecular weight is 322 g/mol. The second-order valence-corrected chi connectivity index (χ2v) is 4.86. The zero-order valence-electron chi connectivity index (χ0n) is 12.6. The van der Waals surface area contributed by atoms with Gasteiger partial charge in [0.25, 0.3) is 11.8 Å². The number of hydrogen-bond acceptors (Lipinski definition) is 5. The Balaban J connectivity index is 1.58. The summed E-state index contributed by atoms with van der Waals surface area (Å²) in [5, 5.41) is 5.18. The highest BCUT2D eigenvalue weighted by atomic mass is 16.4. The molecule has 2 aromatic heterocycles. The van der Waals surface area contributed by atoms with E-state index >= 15 is 0 Å². The van der Waals surface area contributed by atoms with E-state index in [9.17, 15) is 9.59 Å². The van der Waals surface area contributed by atoms with Crippen LogP contribution in [0, 0.1) is 0 Å². The Hall–Kier alpha value is -3.48. The van der Waals surface area contributed by atoms with Crippen LogP contribution in [0.5, 0.6) is 0 Å². The Kier molecular flexibility index (Phi) is 4.62. The van der Waals surface area contributed by atoms with Gasteiger partial charge in [0.1, 0.15) is 6.26 Å². The van der Waals surface area contributed by atoms with Crippen molar-refractivity contribution in [3.63, 3.8) is 0 Å². The van der Waals surface area contributed by atoms with Crippen LogP contribution in [-0.4, -0.2) is 21.8 Å². The highest BCUT2D eigenvalue weighted by Crippen LogP contribution is 2.10. The minimum absolute atomic E-state index is 0.0353. The van der Waals surface area contributed by atoms with Crippen molar-refractivity contribution in [3.05, 3.63) is 77.9 Å². The van der Waals surface area contributed by atoms with E-state index in [0.29, 0.717) is 5.56 Å². The van der Waals surface area contributed by atoms with E-state index in [-0.39, 0.29) is 24.2 Å². The lowest BCUT2D eigenvalue weighted by Gasteiger charge is -2.01. The summed E-state index contributed by atoms with van der Waals surface area (Å²) in [6.45, 7) is 0.276. The molecule has 1 aromatic carbocycles. The summed E-state index contributed by atoms with van der Waals surface area (Å²) in [6.07, 6.45) is 2.84. The number of amides is 2. The van der Waals surface area contributed by atoms with Gasteiger partial charge in [0.05, 0.1) is 12.2 Å². The van der Waals surface area contributed by atoms with E-state index in [1.54, 1.807) is 42.6 Å². The summed E-state index contributed by atoms with van der Waals surface area (Å²) in [5.41, 5.74) is 1.28. The summed E-state index contributed by atoms with van der Waals surface area (Å²) in [7, 11) is 0. The lowest BCUT2D eigenvalue weighted by molar-refractivity contribution is 0.0944. The number of nitrogens with zero attached hydrogens (tertiary/aromatic N) is 2. The molecule has 24 heavy (non-hydrogen) atoms. The first-order chi connectivity index (χ1) is 11.7. The van der Waals surface area contributed by atoms with Crippen molar-refractivity contribution >= 4 is 17.8 Å². The lowest BCUT2D eigenvalue weighted by atomic mass is 10.2. The minimum atomic E-state index is -0.412. The van der Waals surface area contributed by atoms with Gasteiger partial charge >= 0.3 is 6.01 Å².